The number of hydrogen-bond donors (Lipinski definition) is 1. The van der Waals surface area contributed by atoms with E-state index in [1.165, 1.54) is 57.2 Å². The number of rotatable bonds is 9. The molecule has 3 heterocycles. The van der Waals surface area contributed by atoms with Crippen LogP contribution in [0, 0.1) is 17.8 Å². The highest BCUT2D eigenvalue weighted by Crippen LogP contribution is 2.51. The molecule has 13 heteroatoms. The van der Waals surface area contributed by atoms with E-state index >= 15 is 0 Å². The van der Waals surface area contributed by atoms with Crippen LogP contribution in [-0.4, -0.2) is 95.4 Å². The average Bonchev–Trinajstić information content (AvgIpc) is 3.48. The highest BCUT2D eigenvalue weighted by Gasteiger charge is 2.54. The van der Waals surface area contributed by atoms with E-state index in [2.05, 4.69) is 16.0 Å². The lowest BCUT2D eigenvalue weighted by Crippen LogP contribution is -2.58. The Morgan fingerprint density at radius 3 is 2.35 bits per heavy atom. The highest BCUT2D eigenvalue weighted by molar-refractivity contribution is 5.92. The molecule has 1 N–H and O–H groups in total. The van der Waals surface area contributed by atoms with Crippen LogP contribution >= 0.6 is 0 Å². The van der Waals surface area contributed by atoms with Crippen molar-refractivity contribution in [3.63, 3.8) is 0 Å². The first-order valence-corrected chi connectivity index (χ1v) is 16.1. The van der Waals surface area contributed by atoms with E-state index in [1.54, 1.807) is 14.0 Å². The SMILES string of the molecule is CCOC(=O)Oc1c(OC)cc(C(=O)O[C@H]2C[C@@H]3CN4CCc5c([nH]c6cc(OC)ccc56)[C@@H]4C[C@@H]3[C@H](C(=O)OC)[C@@H]2OC)cc1OC. The van der Waals surface area contributed by atoms with Gasteiger partial charge in [0.2, 0.25) is 5.75 Å². The number of aromatic amines is 1. The summed E-state index contributed by atoms with van der Waals surface area (Å²) in [5, 5.41) is 1.19. The Labute approximate surface area is 278 Å². The summed E-state index contributed by atoms with van der Waals surface area (Å²) in [6, 6.07) is 9.00. The summed E-state index contributed by atoms with van der Waals surface area (Å²) in [7, 11) is 7.30. The van der Waals surface area contributed by atoms with Gasteiger partial charge in [0.15, 0.2) is 11.5 Å². The van der Waals surface area contributed by atoms with Gasteiger partial charge in [0.05, 0.1) is 52.6 Å². The lowest BCUT2D eigenvalue weighted by atomic mass is 9.63. The fourth-order valence-electron chi connectivity index (χ4n) is 7.89. The molecule has 258 valence electrons. The predicted molar refractivity (Wildman–Crippen MR) is 172 cm³/mol. The number of piperidine rings is 1. The Morgan fingerprint density at radius 2 is 1.71 bits per heavy atom. The van der Waals surface area contributed by atoms with Crippen molar-refractivity contribution in [3.05, 3.63) is 47.2 Å². The summed E-state index contributed by atoms with van der Waals surface area (Å²) >= 11 is 0. The minimum absolute atomic E-state index is 0.0356. The Hall–Kier alpha value is -4.49. The fourth-order valence-corrected chi connectivity index (χ4v) is 7.89. The molecule has 1 aliphatic carbocycles. The van der Waals surface area contributed by atoms with Gasteiger partial charge in [0, 0.05) is 42.9 Å². The van der Waals surface area contributed by atoms with Gasteiger partial charge in [-0.15, -0.1) is 0 Å². The summed E-state index contributed by atoms with van der Waals surface area (Å²) < 4.78 is 43.8. The second kappa shape index (κ2) is 13.9. The number of benzene rings is 2. The third-order valence-corrected chi connectivity index (χ3v) is 10.0. The van der Waals surface area contributed by atoms with Gasteiger partial charge in [-0.3, -0.25) is 9.69 Å². The molecule has 1 saturated heterocycles. The Kier molecular flexibility index (Phi) is 9.70. The number of carbonyl (C=O) groups excluding carboxylic acids is 3. The minimum Gasteiger partial charge on any atom is -0.497 e. The second-order valence-electron chi connectivity index (χ2n) is 12.3. The molecule has 1 aromatic heterocycles. The van der Waals surface area contributed by atoms with Crippen LogP contribution in [0.25, 0.3) is 10.9 Å². The number of ether oxygens (including phenoxy) is 8. The third-order valence-electron chi connectivity index (χ3n) is 10.0. The van der Waals surface area contributed by atoms with Crippen molar-refractivity contribution in [2.24, 2.45) is 17.8 Å². The first-order valence-electron chi connectivity index (χ1n) is 16.1. The standard InChI is InChI=1S/C35H42N2O11/c1-7-46-35(40)48-31-26(42-3)12-18(13-27(31)43-4)33(38)47-28-14-19-17-37-11-10-22-21-9-8-20(41-2)15-24(21)36-30(22)25(37)16-23(19)29(32(28)44-5)34(39)45-6/h8-9,12-13,15,19,23,25,28-29,32,36H,7,10-11,14,16-17H2,1-6H3/t19-,23+,25+,28+,29+,32-/m1/s1. The minimum atomic E-state index is -0.942. The monoisotopic (exact) mass is 666 g/mol. The summed E-state index contributed by atoms with van der Waals surface area (Å²) in [6.07, 6.45) is -0.298. The van der Waals surface area contributed by atoms with E-state index in [1.807, 2.05) is 12.1 Å². The molecule has 1 saturated carbocycles. The number of nitrogens with zero attached hydrogens (tertiary/aromatic N) is 1. The molecule has 3 aromatic rings. The quantitative estimate of drug-likeness (QED) is 0.192. The maximum Gasteiger partial charge on any atom is 0.514 e. The van der Waals surface area contributed by atoms with Gasteiger partial charge in [-0.2, -0.15) is 0 Å². The van der Waals surface area contributed by atoms with Gasteiger partial charge in [-0.25, -0.2) is 9.59 Å². The summed E-state index contributed by atoms with van der Waals surface area (Å²) in [5.74, 6) is -0.833. The lowest BCUT2D eigenvalue weighted by Gasteiger charge is -2.52. The number of carbonyl (C=O) groups is 3. The largest absolute Gasteiger partial charge is 0.514 e. The third kappa shape index (κ3) is 6.00. The highest BCUT2D eigenvalue weighted by atomic mass is 16.7. The summed E-state index contributed by atoms with van der Waals surface area (Å²) in [6.45, 7) is 3.37. The second-order valence-corrected chi connectivity index (χ2v) is 12.3. The van der Waals surface area contributed by atoms with Crippen LogP contribution in [0.2, 0.25) is 0 Å². The van der Waals surface area contributed by atoms with Gasteiger partial charge in [0.25, 0.3) is 0 Å². The number of aromatic nitrogens is 1. The number of H-pyrrole nitrogens is 1. The zero-order valence-electron chi connectivity index (χ0n) is 28.0. The molecule has 0 amide bonds. The number of hydrogen-bond acceptors (Lipinski definition) is 12. The molecule has 2 aliphatic heterocycles. The normalized spacial score (nSPS) is 24.8. The van der Waals surface area contributed by atoms with E-state index in [0.29, 0.717) is 6.42 Å². The zero-order chi connectivity index (χ0) is 34.1. The molecule has 0 bridgehead atoms. The molecular formula is C35H42N2O11. The zero-order valence-corrected chi connectivity index (χ0v) is 28.0. The molecule has 3 aliphatic rings. The van der Waals surface area contributed by atoms with Crippen molar-refractivity contribution >= 4 is 29.0 Å². The van der Waals surface area contributed by atoms with E-state index in [0.717, 1.165) is 37.2 Å². The van der Waals surface area contributed by atoms with Crippen LogP contribution in [-0.2, 0) is 30.2 Å². The molecule has 0 unspecified atom stereocenters. The van der Waals surface area contributed by atoms with Crippen LogP contribution < -0.4 is 18.9 Å². The van der Waals surface area contributed by atoms with E-state index in [4.69, 9.17) is 37.9 Å². The molecular weight excluding hydrogens is 624 g/mol. The van der Waals surface area contributed by atoms with Gasteiger partial charge >= 0.3 is 18.1 Å². The molecule has 0 radical (unpaired) electrons. The van der Waals surface area contributed by atoms with Crippen LogP contribution in [0.15, 0.2) is 30.3 Å². The van der Waals surface area contributed by atoms with Gasteiger partial charge < -0.3 is 42.9 Å². The molecule has 6 rings (SSSR count). The number of fused-ring (bicyclic) bond motifs is 6. The predicted octanol–water partition coefficient (Wildman–Crippen LogP) is 4.70. The average molecular weight is 667 g/mol. The number of methoxy groups -OCH3 is 5. The van der Waals surface area contributed by atoms with Gasteiger partial charge in [-0.1, -0.05) is 0 Å². The lowest BCUT2D eigenvalue weighted by molar-refractivity contribution is -0.176. The Morgan fingerprint density at radius 1 is 0.958 bits per heavy atom. The molecule has 48 heavy (non-hydrogen) atoms. The van der Waals surface area contributed by atoms with E-state index < -0.39 is 36.2 Å². The van der Waals surface area contributed by atoms with Crippen molar-refractivity contribution in [2.75, 3.05) is 55.2 Å². The topological polar surface area (TPSA) is 144 Å². The number of esters is 2. The van der Waals surface area contributed by atoms with Crippen LogP contribution in [0.1, 0.15) is 47.4 Å². The van der Waals surface area contributed by atoms with Crippen LogP contribution in [0.4, 0.5) is 4.79 Å². The maximum atomic E-state index is 13.7. The van der Waals surface area contributed by atoms with E-state index in [-0.39, 0.29) is 47.3 Å². The Balaban J connectivity index is 1.27. The molecule has 2 aromatic carbocycles. The van der Waals surface area contributed by atoms with Crippen molar-refractivity contribution in [1.29, 1.82) is 0 Å². The maximum absolute atomic E-state index is 13.7. The summed E-state index contributed by atoms with van der Waals surface area (Å²) in [5.41, 5.74) is 3.62. The molecule has 6 atom stereocenters. The smallest absolute Gasteiger partial charge is 0.497 e. The van der Waals surface area contributed by atoms with Crippen LogP contribution in [0.3, 0.4) is 0 Å². The van der Waals surface area contributed by atoms with Crippen molar-refractivity contribution in [2.45, 2.75) is 44.4 Å². The van der Waals surface area contributed by atoms with Crippen molar-refractivity contribution in [1.82, 2.24) is 9.88 Å². The van der Waals surface area contributed by atoms with E-state index in [9.17, 15) is 14.4 Å². The van der Waals surface area contributed by atoms with Crippen molar-refractivity contribution in [3.8, 4) is 23.0 Å². The number of nitrogens with one attached hydrogen (secondary N) is 1. The van der Waals surface area contributed by atoms with Gasteiger partial charge in [0.1, 0.15) is 18.0 Å². The first-order chi connectivity index (χ1) is 23.2. The molecule has 2 fully saturated rings. The van der Waals surface area contributed by atoms with Crippen molar-refractivity contribution < 1.29 is 52.3 Å². The Bertz CT molecular complexity index is 1660. The summed E-state index contributed by atoms with van der Waals surface area (Å²) in [4.78, 5) is 45.3. The molecule has 0 spiro atoms. The van der Waals surface area contributed by atoms with Gasteiger partial charge in [-0.05, 0) is 67.9 Å². The fraction of sp³-hybridized carbons (Fsp3) is 0.514. The molecule has 13 nitrogen and oxygen atoms in total. The first kappa shape index (κ1) is 33.4. The van der Waals surface area contributed by atoms with Crippen LogP contribution in [0.5, 0.6) is 23.0 Å².